The Bertz CT molecular complexity index is 684. The smallest absolute Gasteiger partial charge is 0.255 e. The highest BCUT2D eigenvalue weighted by atomic mass is 79.9. The van der Waals surface area contributed by atoms with E-state index >= 15 is 0 Å². The number of ether oxygens (including phenoxy) is 1. The van der Waals surface area contributed by atoms with Gasteiger partial charge in [-0.05, 0) is 30.3 Å². The Balaban J connectivity index is 2.28. The summed E-state index contributed by atoms with van der Waals surface area (Å²) in [6.45, 7) is 0. The van der Waals surface area contributed by atoms with Gasteiger partial charge in [-0.1, -0.05) is 39.1 Å². The monoisotopic (exact) mass is 389 g/mol. The Morgan fingerprint density at radius 1 is 1.24 bits per heavy atom. The highest BCUT2D eigenvalue weighted by Gasteiger charge is 2.14. The van der Waals surface area contributed by atoms with Crippen LogP contribution in [0.5, 0.6) is 11.5 Å². The summed E-state index contributed by atoms with van der Waals surface area (Å²) in [5, 5.41) is 12.9. The summed E-state index contributed by atoms with van der Waals surface area (Å²) >= 11 is 15.3. The molecular formula is C14H10BrCl2NO3. The first-order chi connectivity index (χ1) is 9.92. The molecule has 0 aliphatic carbocycles. The summed E-state index contributed by atoms with van der Waals surface area (Å²) in [4.78, 5) is 12.2. The van der Waals surface area contributed by atoms with Crippen molar-refractivity contribution >= 4 is 50.7 Å². The van der Waals surface area contributed by atoms with Crippen LogP contribution in [0.15, 0.2) is 34.8 Å². The zero-order valence-electron chi connectivity index (χ0n) is 10.8. The van der Waals surface area contributed by atoms with Crippen molar-refractivity contribution in [3.8, 4) is 11.5 Å². The zero-order valence-corrected chi connectivity index (χ0v) is 13.9. The Hall–Kier alpha value is -1.43. The number of phenols is 1. The first-order valence-corrected chi connectivity index (χ1v) is 7.30. The number of phenolic OH excluding ortho intramolecular Hbond substituents is 1. The highest BCUT2D eigenvalue weighted by Crippen LogP contribution is 2.34. The number of aromatic hydroxyl groups is 1. The van der Waals surface area contributed by atoms with Crippen molar-refractivity contribution in [3.63, 3.8) is 0 Å². The molecule has 0 saturated heterocycles. The average Bonchev–Trinajstić information content (AvgIpc) is 2.42. The van der Waals surface area contributed by atoms with Crippen LogP contribution in [0.3, 0.4) is 0 Å². The quantitative estimate of drug-likeness (QED) is 0.796. The summed E-state index contributed by atoms with van der Waals surface area (Å²) in [5.74, 6) is -0.288. The second-order valence-electron chi connectivity index (χ2n) is 4.09. The van der Waals surface area contributed by atoms with E-state index in [1.165, 1.54) is 25.3 Å². The lowest BCUT2D eigenvalue weighted by molar-refractivity contribution is 0.102. The maximum Gasteiger partial charge on any atom is 0.255 e. The number of hydrogen-bond acceptors (Lipinski definition) is 3. The number of rotatable bonds is 3. The predicted octanol–water partition coefficient (Wildman–Crippen LogP) is 4.72. The minimum absolute atomic E-state index is 0.127. The fourth-order valence-corrected chi connectivity index (χ4v) is 2.98. The number of carbonyl (C=O) groups excluding carboxylic acids is 1. The van der Waals surface area contributed by atoms with Gasteiger partial charge in [0.1, 0.15) is 0 Å². The minimum Gasteiger partial charge on any atom is -0.504 e. The molecule has 110 valence electrons. The second kappa shape index (κ2) is 6.56. The second-order valence-corrected chi connectivity index (χ2v) is 5.82. The van der Waals surface area contributed by atoms with Crippen LogP contribution in [-0.2, 0) is 0 Å². The van der Waals surface area contributed by atoms with E-state index in [2.05, 4.69) is 21.2 Å². The molecule has 0 aromatic heterocycles. The van der Waals surface area contributed by atoms with E-state index in [1.807, 2.05) is 0 Å². The maximum atomic E-state index is 12.2. The van der Waals surface area contributed by atoms with Crippen molar-refractivity contribution in [3.05, 3.63) is 50.4 Å². The average molecular weight is 391 g/mol. The van der Waals surface area contributed by atoms with Gasteiger partial charge in [-0.15, -0.1) is 0 Å². The lowest BCUT2D eigenvalue weighted by atomic mass is 10.2. The van der Waals surface area contributed by atoms with E-state index < -0.39 is 5.91 Å². The van der Waals surface area contributed by atoms with Crippen molar-refractivity contribution in [1.29, 1.82) is 0 Å². The normalized spacial score (nSPS) is 10.3. The Morgan fingerprint density at radius 2 is 1.86 bits per heavy atom. The van der Waals surface area contributed by atoms with Crippen LogP contribution < -0.4 is 10.1 Å². The Kier molecular flexibility index (Phi) is 4.98. The lowest BCUT2D eigenvalue weighted by Gasteiger charge is -2.11. The number of anilines is 1. The fourth-order valence-electron chi connectivity index (χ4n) is 1.68. The van der Waals surface area contributed by atoms with E-state index in [0.717, 1.165) is 0 Å². The number of carbonyl (C=O) groups is 1. The molecule has 2 N–H and O–H groups in total. The Labute approximate surface area is 139 Å². The molecule has 21 heavy (non-hydrogen) atoms. The van der Waals surface area contributed by atoms with Crippen molar-refractivity contribution in [1.82, 2.24) is 0 Å². The van der Waals surface area contributed by atoms with Crippen molar-refractivity contribution in [2.24, 2.45) is 0 Å². The molecule has 0 saturated carbocycles. The van der Waals surface area contributed by atoms with Crippen LogP contribution in [0.1, 0.15) is 10.4 Å². The third-order valence-corrected chi connectivity index (χ3v) is 3.74. The molecule has 1 amide bonds. The molecule has 2 aromatic carbocycles. The van der Waals surface area contributed by atoms with E-state index in [0.29, 0.717) is 20.2 Å². The number of halogens is 3. The van der Waals surface area contributed by atoms with Gasteiger partial charge in [-0.3, -0.25) is 4.79 Å². The molecule has 0 spiro atoms. The van der Waals surface area contributed by atoms with Gasteiger partial charge in [-0.2, -0.15) is 0 Å². The molecule has 0 fully saturated rings. The van der Waals surface area contributed by atoms with E-state index in [9.17, 15) is 9.90 Å². The molecule has 4 nitrogen and oxygen atoms in total. The molecule has 7 heteroatoms. The molecule has 0 bridgehead atoms. The first-order valence-electron chi connectivity index (χ1n) is 5.75. The Morgan fingerprint density at radius 3 is 2.38 bits per heavy atom. The van der Waals surface area contributed by atoms with Gasteiger partial charge in [0.25, 0.3) is 5.91 Å². The summed E-state index contributed by atoms with van der Waals surface area (Å²) < 4.78 is 5.63. The van der Waals surface area contributed by atoms with Gasteiger partial charge in [0.05, 0.1) is 22.8 Å². The standard InChI is InChI=1S/C14H10BrCl2NO3/c1-21-12-3-2-7(4-11(12)19)14(20)18-13-9(16)5-8(15)6-10(13)17/h2-6,19H,1H3,(H,18,20). The molecule has 0 atom stereocenters. The van der Waals surface area contributed by atoms with Crippen LogP contribution in [0.4, 0.5) is 5.69 Å². The van der Waals surface area contributed by atoms with Crippen LogP contribution in [0.25, 0.3) is 0 Å². The maximum absolute atomic E-state index is 12.2. The van der Waals surface area contributed by atoms with Crippen LogP contribution in [0, 0.1) is 0 Å². The van der Waals surface area contributed by atoms with E-state index in [-0.39, 0.29) is 17.1 Å². The van der Waals surface area contributed by atoms with Crippen molar-refractivity contribution in [2.45, 2.75) is 0 Å². The molecule has 2 aromatic rings. The van der Waals surface area contributed by atoms with Crippen molar-refractivity contribution in [2.75, 3.05) is 12.4 Å². The van der Waals surface area contributed by atoms with E-state index in [1.54, 1.807) is 12.1 Å². The van der Waals surface area contributed by atoms with E-state index in [4.69, 9.17) is 27.9 Å². The van der Waals surface area contributed by atoms with Gasteiger partial charge < -0.3 is 15.2 Å². The van der Waals surface area contributed by atoms with Crippen molar-refractivity contribution < 1.29 is 14.6 Å². The summed E-state index contributed by atoms with van der Waals surface area (Å²) in [5.41, 5.74) is 0.560. The SMILES string of the molecule is COc1ccc(C(=O)Nc2c(Cl)cc(Br)cc2Cl)cc1O. The molecule has 0 unspecified atom stereocenters. The van der Waals surface area contributed by atoms with Gasteiger partial charge in [0, 0.05) is 10.0 Å². The summed E-state index contributed by atoms with van der Waals surface area (Å²) in [6.07, 6.45) is 0. The third-order valence-electron chi connectivity index (χ3n) is 2.69. The minimum atomic E-state index is -0.445. The fraction of sp³-hybridized carbons (Fsp3) is 0.0714. The number of methoxy groups -OCH3 is 1. The molecule has 0 heterocycles. The first kappa shape index (κ1) is 15.9. The number of benzene rings is 2. The van der Waals surface area contributed by atoms with Gasteiger partial charge in [0.2, 0.25) is 0 Å². The molecule has 0 aliphatic rings. The predicted molar refractivity (Wildman–Crippen MR) is 86.8 cm³/mol. The number of hydrogen-bond donors (Lipinski definition) is 2. The zero-order chi connectivity index (χ0) is 15.6. The highest BCUT2D eigenvalue weighted by molar-refractivity contribution is 9.10. The topological polar surface area (TPSA) is 58.6 Å². The van der Waals surface area contributed by atoms with Crippen LogP contribution in [0.2, 0.25) is 10.0 Å². The molecule has 0 aliphatic heterocycles. The van der Waals surface area contributed by atoms with Crippen LogP contribution in [-0.4, -0.2) is 18.1 Å². The largest absolute Gasteiger partial charge is 0.504 e. The van der Waals surface area contributed by atoms with Crippen LogP contribution >= 0.6 is 39.1 Å². The number of amides is 1. The summed E-state index contributed by atoms with van der Waals surface area (Å²) in [7, 11) is 1.43. The number of nitrogens with one attached hydrogen (secondary N) is 1. The third kappa shape index (κ3) is 3.61. The molecular weight excluding hydrogens is 381 g/mol. The lowest BCUT2D eigenvalue weighted by Crippen LogP contribution is -2.12. The van der Waals surface area contributed by atoms with Gasteiger partial charge >= 0.3 is 0 Å². The molecule has 0 radical (unpaired) electrons. The molecule has 2 rings (SSSR count). The van der Waals surface area contributed by atoms with Gasteiger partial charge in [-0.25, -0.2) is 0 Å². The summed E-state index contributed by atoms with van der Waals surface area (Å²) in [6, 6.07) is 7.56. The van der Waals surface area contributed by atoms with Gasteiger partial charge in [0.15, 0.2) is 11.5 Å².